The first-order valence-electron chi connectivity index (χ1n) is 7.22. The van der Waals surface area contributed by atoms with Crippen molar-refractivity contribution in [3.8, 4) is 0 Å². The van der Waals surface area contributed by atoms with Gasteiger partial charge in [-0.3, -0.25) is 9.48 Å². The molecule has 5 heteroatoms. The van der Waals surface area contributed by atoms with Crippen LogP contribution in [0.2, 0.25) is 0 Å². The average molecular weight is 264 g/mol. The van der Waals surface area contributed by atoms with E-state index in [1.807, 2.05) is 19.9 Å². The van der Waals surface area contributed by atoms with Gasteiger partial charge in [-0.05, 0) is 32.8 Å². The summed E-state index contributed by atoms with van der Waals surface area (Å²) in [5, 5.41) is 7.39. The van der Waals surface area contributed by atoms with Crippen LogP contribution in [0.5, 0.6) is 0 Å². The third-order valence-corrected chi connectivity index (χ3v) is 3.82. The Labute approximate surface area is 114 Å². The molecule has 2 unspecified atom stereocenters. The molecule has 2 rings (SSSR count). The molecule has 5 nitrogen and oxygen atoms in total. The lowest BCUT2D eigenvalue weighted by Gasteiger charge is -2.22. The van der Waals surface area contributed by atoms with Crippen molar-refractivity contribution in [2.24, 2.45) is 5.73 Å². The van der Waals surface area contributed by atoms with Gasteiger partial charge in [0.15, 0.2) is 0 Å². The molecule has 0 aromatic carbocycles. The van der Waals surface area contributed by atoms with Gasteiger partial charge < -0.3 is 11.1 Å². The van der Waals surface area contributed by atoms with Crippen molar-refractivity contribution >= 4 is 5.91 Å². The smallest absolute Gasteiger partial charge is 0.269 e. The lowest BCUT2D eigenvalue weighted by Crippen LogP contribution is -2.47. The van der Waals surface area contributed by atoms with Crippen LogP contribution < -0.4 is 11.1 Å². The molecule has 1 heterocycles. The molecule has 1 fully saturated rings. The fraction of sp³-hybridized carbons (Fsp3) is 0.714. The molecular formula is C14H24N4O. The first-order valence-corrected chi connectivity index (χ1v) is 7.22. The van der Waals surface area contributed by atoms with E-state index in [-0.39, 0.29) is 18.0 Å². The van der Waals surface area contributed by atoms with Crippen LogP contribution in [0.4, 0.5) is 0 Å². The predicted octanol–water partition coefficient (Wildman–Crippen LogP) is 1.60. The molecule has 1 amide bonds. The molecule has 3 N–H and O–H groups in total. The Morgan fingerprint density at radius 1 is 1.47 bits per heavy atom. The number of nitrogens with one attached hydrogen (secondary N) is 1. The Hall–Kier alpha value is -1.36. The standard InChI is InChI=1S/C14H24N4O/c1-3-18-13(9-10(2)17-18)14(19)16-12-8-6-4-5-7-11(12)15/h9,11-12H,3-8,15H2,1-2H3,(H,16,19). The zero-order valence-corrected chi connectivity index (χ0v) is 11.9. The van der Waals surface area contributed by atoms with E-state index in [0.717, 1.165) is 25.0 Å². The molecule has 0 radical (unpaired) electrons. The molecule has 1 aromatic rings. The molecule has 1 saturated carbocycles. The molecule has 1 aliphatic rings. The summed E-state index contributed by atoms with van der Waals surface area (Å²) < 4.78 is 1.74. The van der Waals surface area contributed by atoms with E-state index in [1.54, 1.807) is 4.68 Å². The van der Waals surface area contributed by atoms with Gasteiger partial charge in [-0.15, -0.1) is 0 Å². The number of hydrogen-bond donors (Lipinski definition) is 2. The summed E-state index contributed by atoms with van der Waals surface area (Å²) in [6.45, 7) is 4.59. The van der Waals surface area contributed by atoms with Crippen LogP contribution >= 0.6 is 0 Å². The van der Waals surface area contributed by atoms with E-state index in [1.165, 1.54) is 12.8 Å². The molecule has 1 aromatic heterocycles. The van der Waals surface area contributed by atoms with Gasteiger partial charge in [-0.2, -0.15) is 5.10 Å². The highest BCUT2D eigenvalue weighted by Crippen LogP contribution is 2.17. The van der Waals surface area contributed by atoms with Gasteiger partial charge >= 0.3 is 0 Å². The average Bonchev–Trinajstić information content (AvgIpc) is 2.66. The van der Waals surface area contributed by atoms with Gasteiger partial charge in [0.2, 0.25) is 0 Å². The summed E-state index contributed by atoms with van der Waals surface area (Å²) in [5.41, 5.74) is 7.65. The van der Waals surface area contributed by atoms with Gasteiger partial charge in [0.1, 0.15) is 5.69 Å². The van der Waals surface area contributed by atoms with Crippen molar-refractivity contribution in [3.05, 3.63) is 17.5 Å². The topological polar surface area (TPSA) is 72.9 Å². The molecule has 2 atom stereocenters. The highest BCUT2D eigenvalue weighted by atomic mass is 16.2. The number of nitrogens with zero attached hydrogens (tertiary/aromatic N) is 2. The summed E-state index contributed by atoms with van der Waals surface area (Å²) in [5.74, 6) is -0.0511. The lowest BCUT2D eigenvalue weighted by molar-refractivity contribution is 0.0918. The van der Waals surface area contributed by atoms with Crippen molar-refractivity contribution < 1.29 is 4.79 Å². The highest BCUT2D eigenvalue weighted by Gasteiger charge is 2.23. The number of carbonyl (C=O) groups excluding carboxylic acids is 1. The Morgan fingerprint density at radius 3 is 2.95 bits per heavy atom. The van der Waals surface area contributed by atoms with Crippen LogP contribution in [0.3, 0.4) is 0 Å². The van der Waals surface area contributed by atoms with E-state index < -0.39 is 0 Å². The van der Waals surface area contributed by atoms with Crippen molar-refractivity contribution in [2.45, 2.75) is 64.6 Å². The minimum Gasteiger partial charge on any atom is -0.346 e. The summed E-state index contributed by atoms with van der Waals surface area (Å²) in [6.07, 6.45) is 5.50. The van der Waals surface area contributed by atoms with E-state index in [4.69, 9.17) is 5.73 Å². The van der Waals surface area contributed by atoms with E-state index in [2.05, 4.69) is 10.4 Å². The van der Waals surface area contributed by atoms with Crippen molar-refractivity contribution in [2.75, 3.05) is 0 Å². The van der Waals surface area contributed by atoms with E-state index >= 15 is 0 Å². The number of aryl methyl sites for hydroxylation is 2. The van der Waals surface area contributed by atoms with Crippen LogP contribution in [-0.2, 0) is 6.54 Å². The zero-order valence-electron chi connectivity index (χ0n) is 11.9. The van der Waals surface area contributed by atoms with Crippen LogP contribution in [0.15, 0.2) is 6.07 Å². The van der Waals surface area contributed by atoms with Crippen LogP contribution in [0, 0.1) is 6.92 Å². The number of hydrogen-bond acceptors (Lipinski definition) is 3. The molecule has 106 valence electrons. The van der Waals surface area contributed by atoms with E-state index in [0.29, 0.717) is 12.2 Å². The fourth-order valence-electron chi connectivity index (χ4n) is 2.73. The Kier molecular flexibility index (Phi) is 4.58. The second-order valence-electron chi connectivity index (χ2n) is 5.37. The third kappa shape index (κ3) is 3.35. The van der Waals surface area contributed by atoms with Crippen molar-refractivity contribution in [3.63, 3.8) is 0 Å². The van der Waals surface area contributed by atoms with Gasteiger partial charge in [0.25, 0.3) is 5.91 Å². The molecule has 0 aliphatic heterocycles. The molecule has 19 heavy (non-hydrogen) atoms. The van der Waals surface area contributed by atoms with Gasteiger partial charge in [0.05, 0.1) is 5.69 Å². The minimum atomic E-state index is -0.0511. The molecule has 0 saturated heterocycles. The highest BCUT2D eigenvalue weighted by molar-refractivity contribution is 5.92. The SMILES string of the molecule is CCn1nc(C)cc1C(=O)NC1CCCCCC1N. The largest absolute Gasteiger partial charge is 0.346 e. The zero-order chi connectivity index (χ0) is 13.8. The lowest BCUT2D eigenvalue weighted by atomic mass is 10.0. The monoisotopic (exact) mass is 264 g/mol. The Morgan fingerprint density at radius 2 is 2.21 bits per heavy atom. The molecular weight excluding hydrogens is 240 g/mol. The van der Waals surface area contributed by atoms with E-state index in [9.17, 15) is 4.79 Å². The van der Waals surface area contributed by atoms with Crippen LogP contribution in [0.25, 0.3) is 0 Å². The van der Waals surface area contributed by atoms with Crippen molar-refractivity contribution in [1.29, 1.82) is 0 Å². The quantitative estimate of drug-likeness (QED) is 0.814. The summed E-state index contributed by atoms with van der Waals surface area (Å²) in [7, 11) is 0. The first kappa shape index (κ1) is 14.1. The number of carbonyl (C=O) groups is 1. The number of aromatic nitrogens is 2. The normalized spacial score (nSPS) is 23.9. The van der Waals surface area contributed by atoms with Gasteiger partial charge in [-0.25, -0.2) is 0 Å². The Bertz CT molecular complexity index is 441. The van der Waals surface area contributed by atoms with Crippen molar-refractivity contribution in [1.82, 2.24) is 15.1 Å². The number of amides is 1. The maximum Gasteiger partial charge on any atom is 0.269 e. The summed E-state index contributed by atoms with van der Waals surface area (Å²) >= 11 is 0. The second kappa shape index (κ2) is 6.19. The third-order valence-electron chi connectivity index (χ3n) is 3.82. The second-order valence-corrected chi connectivity index (χ2v) is 5.37. The maximum absolute atomic E-state index is 12.3. The minimum absolute atomic E-state index is 0.0511. The van der Waals surface area contributed by atoms with Gasteiger partial charge in [-0.1, -0.05) is 19.3 Å². The van der Waals surface area contributed by atoms with Crippen LogP contribution in [-0.4, -0.2) is 27.8 Å². The summed E-state index contributed by atoms with van der Waals surface area (Å²) in [6, 6.07) is 2.00. The Balaban J connectivity index is 2.06. The fourth-order valence-corrected chi connectivity index (χ4v) is 2.73. The first-order chi connectivity index (χ1) is 9.11. The molecule has 1 aliphatic carbocycles. The maximum atomic E-state index is 12.3. The summed E-state index contributed by atoms with van der Waals surface area (Å²) in [4.78, 5) is 12.3. The van der Waals surface area contributed by atoms with Gasteiger partial charge in [0, 0.05) is 18.6 Å². The predicted molar refractivity (Wildman–Crippen MR) is 75.0 cm³/mol. The van der Waals surface area contributed by atoms with Crippen LogP contribution in [0.1, 0.15) is 55.2 Å². The molecule has 0 bridgehead atoms. The molecule has 0 spiro atoms. The number of rotatable bonds is 3. The number of nitrogens with two attached hydrogens (primary N) is 1.